The zero-order chi connectivity index (χ0) is 51.3. The Hall–Kier alpha value is -7.02. The molecule has 72 heavy (non-hydrogen) atoms. The molecule has 0 unspecified atom stereocenters. The van der Waals surface area contributed by atoms with Crippen molar-refractivity contribution in [2.45, 2.75) is 120 Å². The van der Waals surface area contributed by atoms with E-state index in [-0.39, 0.29) is 10.8 Å². The van der Waals surface area contributed by atoms with Crippen LogP contribution < -0.4 is 0 Å². The van der Waals surface area contributed by atoms with Crippen LogP contribution in [0.3, 0.4) is 0 Å². The Balaban J connectivity index is 0.000000290. The van der Waals surface area contributed by atoms with E-state index in [1.807, 2.05) is 19.9 Å². The van der Waals surface area contributed by atoms with Crippen LogP contribution in [-0.4, -0.2) is 0 Å². The molecule has 0 aliphatic heterocycles. The van der Waals surface area contributed by atoms with Gasteiger partial charge in [0.25, 0.3) is 0 Å². The first-order chi connectivity index (χ1) is 34.7. The second-order valence-corrected chi connectivity index (χ2v) is 20.9. The van der Waals surface area contributed by atoms with E-state index in [9.17, 15) is 0 Å². The molecule has 0 heterocycles. The number of benzene rings is 9. The second kappa shape index (κ2) is 21.8. The normalized spacial score (nSPS) is 13.3. The summed E-state index contributed by atoms with van der Waals surface area (Å²) in [5.74, 6) is 0.709. The fraction of sp³-hybridized carbons (Fsp3) is 0.250. The van der Waals surface area contributed by atoms with Crippen LogP contribution in [0.15, 0.2) is 194 Å². The standard InChI is InChI=1S/C52H46.C10H14.C8H10.C2H6/c1-31-13-9-11-15-39(31)45-27-35(19-17-33(45)3)37-21-23-41-43-25-26-44-42-24-22-38(36-20-18-34(4)46(28-36)40-16-12-10-14-32(40)2)30-48(42)52(7,8)50(44)49(43)51(5,6)47(41)29-37;1-3-9(2)10-7-5-4-6-8-10;1-2-8-6-4-3-5-7-8;1-2/h9-30H,1-8H3;4-9H,3H2,1-2H3;3-7H,2H2,1H3;1-2H3/t;9-;;/m.1../s1. The van der Waals surface area contributed by atoms with Crippen LogP contribution >= 0.6 is 0 Å². The van der Waals surface area contributed by atoms with E-state index in [0.717, 1.165) is 6.42 Å². The maximum Gasteiger partial charge on any atom is 0.0162 e. The lowest BCUT2D eigenvalue weighted by molar-refractivity contribution is 0.601. The van der Waals surface area contributed by atoms with Gasteiger partial charge in [0.2, 0.25) is 0 Å². The Morgan fingerprint density at radius 2 is 0.694 bits per heavy atom. The molecule has 0 N–H and O–H groups in total. The molecular weight excluding hydrogens is 865 g/mol. The van der Waals surface area contributed by atoms with Crippen LogP contribution in [-0.2, 0) is 17.3 Å². The third-order valence-electron chi connectivity index (χ3n) is 15.7. The minimum Gasteiger partial charge on any atom is -0.0683 e. The molecule has 0 heteroatoms. The molecule has 1 atom stereocenters. The third kappa shape index (κ3) is 9.94. The third-order valence-corrected chi connectivity index (χ3v) is 15.7. The van der Waals surface area contributed by atoms with E-state index in [4.69, 9.17) is 0 Å². The van der Waals surface area contributed by atoms with Crippen LogP contribution in [0, 0.1) is 27.7 Å². The number of hydrogen-bond donors (Lipinski definition) is 0. The zero-order valence-corrected chi connectivity index (χ0v) is 45.5. The van der Waals surface area contributed by atoms with Gasteiger partial charge in [-0.15, -0.1) is 0 Å². The lowest BCUT2D eigenvalue weighted by Crippen LogP contribution is -2.24. The zero-order valence-electron chi connectivity index (χ0n) is 45.5. The Bertz CT molecular complexity index is 3140. The Morgan fingerprint density at radius 1 is 0.347 bits per heavy atom. The molecule has 0 saturated carbocycles. The van der Waals surface area contributed by atoms with Crippen molar-refractivity contribution in [1.82, 2.24) is 0 Å². The monoisotopic (exact) mass is 941 g/mol. The SMILES string of the molecule is CC.CC[C@@H](C)c1ccccc1.CCc1ccccc1.Cc1ccccc1-c1cc(-c2ccc3c(c2)C(C)(C)c2c-3ccc3c2C(C)(C)c2cc(-c4ccc(C)c(-c5ccccc5C)c4)ccc2-3)ccc1C. The highest BCUT2D eigenvalue weighted by molar-refractivity contribution is 5.93. The number of fused-ring (bicyclic) bond motifs is 7. The van der Waals surface area contributed by atoms with Gasteiger partial charge in [-0.1, -0.05) is 232 Å². The van der Waals surface area contributed by atoms with Crippen molar-refractivity contribution in [2.75, 3.05) is 0 Å². The fourth-order valence-electron chi connectivity index (χ4n) is 11.2. The Labute approximate surface area is 433 Å². The van der Waals surface area contributed by atoms with Gasteiger partial charge in [0.15, 0.2) is 0 Å². The number of aryl methyl sites for hydroxylation is 5. The summed E-state index contributed by atoms with van der Waals surface area (Å²) in [6, 6.07) is 71.7. The highest BCUT2D eigenvalue weighted by Crippen LogP contribution is 2.59. The van der Waals surface area contributed by atoms with Crippen molar-refractivity contribution in [1.29, 1.82) is 0 Å². The quantitative estimate of drug-likeness (QED) is 0.149. The maximum absolute atomic E-state index is 2.48. The molecule has 0 aromatic heterocycles. The molecule has 0 bridgehead atoms. The summed E-state index contributed by atoms with van der Waals surface area (Å²) in [5.41, 5.74) is 29.5. The minimum absolute atomic E-state index is 0.142. The largest absolute Gasteiger partial charge is 0.0683 e. The van der Waals surface area contributed by atoms with Crippen LogP contribution in [0.4, 0.5) is 0 Å². The van der Waals surface area contributed by atoms with E-state index in [1.165, 1.54) is 129 Å². The van der Waals surface area contributed by atoms with Crippen molar-refractivity contribution in [2.24, 2.45) is 0 Å². The van der Waals surface area contributed by atoms with E-state index in [0.29, 0.717) is 5.92 Å². The van der Waals surface area contributed by atoms with Crippen molar-refractivity contribution in [3.05, 3.63) is 250 Å². The van der Waals surface area contributed by atoms with E-state index in [2.05, 4.69) is 264 Å². The van der Waals surface area contributed by atoms with Crippen LogP contribution in [0.2, 0.25) is 0 Å². The molecule has 2 aliphatic carbocycles. The number of rotatable bonds is 7. The van der Waals surface area contributed by atoms with Gasteiger partial charge in [-0.3, -0.25) is 0 Å². The van der Waals surface area contributed by atoms with Gasteiger partial charge >= 0.3 is 0 Å². The molecular formula is C72H76. The smallest absolute Gasteiger partial charge is 0.0162 e. The summed E-state index contributed by atoms with van der Waals surface area (Å²) in [7, 11) is 0. The lowest BCUT2D eigenvalue weighted by atomic mass is 9.72. The second-order valence-electron chi connectivity index (χ2n) is 20.9. The summed E-state index contributed by atoms with van der Waals surface area (Å²) in [6.45, 7) is 29.3. The molecule has 0 fully saturated rings. The Morgan fingerprint density at radius 3 is 1.08 bits per heavy atom. The van der Waals surface area contributed by atoms with Gasteiger partial charge < -0.3 is 0 Å². The summed E-state index contributed by atoms with van der Waals surface area (Å²) in [5, 5.41) is 0. The van der Waals surface area contributed by atoms with Gasteiger partial charge in [-0.05, 0) is 193 Å². The van der Waals surface area contributed by atoms with Gasteiger partial charge in [-0.2, -0.15) is 0 Å². The molecule has 364 valence electrons. The minimum atomic E-state index is -0.142. The summed E-state index contributed by atoms with van der Waals surface area (Å²) in [6.07, 6.45) is 2.37. The van der Waals surface area contributed by atoms with Crippen molar-refractivity contribution >= 4 is 0 Å². The maximum atomic E-state index is 2.48. The van der Waals surface area contributed by atoms with Crippen molar-refractivity contribution in [3.8, 4) is 66.8 Å². The molecule has 11 rings (SSSR count). The van der Waals surface area contributed by atoms with Crippen LogP contribution in [0.25, 0.3) is 66.8 Å². The first-order valence-electron chi connectivity index (χ1n) is 26.6. The van der Waals surface area contributed by atoms with Crippen LogP contribution in [0.5, 0.6) is 0 Å². The highest BCUT2D eigenvalue weighted by atomic mass is 14.5. The lowest BCUT2D eigenvalue weighted by Gasteiger charge is -2.31. The fourth-order valence-corrected chi connectivity index (χ4v) is 11.2. The van der Waals surface area contributed by atoms with Crippen molar-refractivity contribution < 1.29 is 0 Å². The first kappa shape index (κ1) is 51.3. The first-order valence-corrected chi connectivity index (χ1v) is 26.6. The predicted molar refractivity (Wildman–Crippen MR) is 315 cm³/mol. The van der Waals surface area contributed by atoms with Gasteiger partial charge in [0.05, 0.1) is 0 Å². The predicted octanol–water partition coefficient (Wildman–Crippen LogP) is 20.7. The molecule has 0 spiro atoms. The molecule has 9 aromatic rings. The van der Waals surface area contributed by atoms with E-state index < -0.39 is 0 Å². The van der Waals surface area contributed by atoms with Crippen LogP contribution in [0.1, 0.15) is 130 Å². The topological polar surface area (TPSA) is 0 Å². The van der Waals surface area contributed by atoms with Gasteiger partial charge in [-0.25, -0.2) is 0 Å². The molecule has 0 nitrogen and oxygen atoms in total. The molecule has 0 radical (unpaired) electrons. The average molecular weight is 941 g/mol. The Kier molecular flexibility index (Phi) is 15.5. The molecule has 0 saturated heterocycles. The number of hydrogen-bond acceptors (Lipinski definition) is 0. The van der Waals surface area contributed by atoms with Gasteiger partial charge in [0.1, 0.15) is 0 Å². The van der Waals surface area contributed by atoms with Crippen molar-refractivity contribution in [3.63, 3.8) is 0 Å². The molecule has 2 aliphatic rings. The summed E-state index contributed by atoms with van der Waals surface area (Å²) in [4.78, 5) is 0. The van der Waals surface area contributed by atoms with E-state index >= 15 is 0 Å². The highest BCUT2D eigenvalue weighted by Gasteiger charge is 2.46. The van der Waals surface area contributed by atoms with E-state index in [1.54, 1.807) is 0 Å². The van der Waals surface area contributed by atoms with Gasteiger partial charge in [0, 0.05) is 10.8 Å². The summed E-state index contributed by atoms with van der Waals surface area (Å²) >= 11 is 0. The summed E-state index contributed by atoms with van der Waals surface area (Å²) < 4.78 is 0. The molecule has 0 amide bonds. The average Bonchev–Trinajstić information content (AvgIpc) is 3.78. The molecule has 9 aromatic carbocycles.